The van der Waals surface area contributed by atoms with Crippen molar-refractivity contribution in [2.75, 3.05) is 0 Å². The number of alkyl halides is 3. The zero-order valence-electron chi connectivity index (χ0n) is 10.2. The maximum Gasteiger partial charge on any atom is 0.407 e. The standard InChI is InChI=1S/C15H14F3N/c16-15(17,18)14(19)13-8-6-12(7-9-13)10-11-4-2-1-3-5-11/h1-9,14H,10,19H2/t14-/m0/s1. The molecular formula is C15H14F3N. The molecule has 2 aromatic carbocycles. The molecule has 100 valence electrons. The summed E-state index contributed by atoms with van der Waals surface area (Å²) >= 11 is 0. The molecule has 0 unspecified atom stereocenters. The Morgan fingerprint density at radius 2 is 1.37 bits per heavy atom. The van der Waals surface area contributed by atoms with Crippen LogP contribution >= 0.6 is 0 Å². The van der Waals surface area contributed by atoms with Gasteiger partial charge in [0.25, 0.3) is 0 Å². The summed E-state index contributed by atoms with van der Waals surface area (Å²) in [5.41, 5.74) is 7.32. The van der Waals surface area contributed by atoms with E-state index in [1.54, 1.807) is 12.1 Å². The smallest absolute Gasteiger partial charge is 0.316 e. The highest BCUT2D eigenvalue weighted by molar-refractivity contribution is 5.30. The molecule has 0 radical (unpaired) electrons. The Bertz CT molecular complexity index is 517. The van der Waals surface area contributed by atoms with Crippen LogP contribution in [0.25, 0.3) is 0 Å². The maximum absolute atomic E-state index is 12.5. The third kappa shape index (κ3) is 3.58. The van der Waals surface area contributed by atoms with Gasteiger partial charge in [-0.25, -0.2) is 0 Å². The first-order valence-electron chi connectivity index (χ1n) is 5.92. The van der Waals surface area contributed by atoms with E-state index < -0.39 is 12.2 Å². The van der Waals surface area contributed by atoms with Crippen molar-refractivity contribution in [1.82, 2.24) is 0 Å². The first kappa shape index (κ1) is 13.6. The second kappa shape index (κ2) is 5.45. The van der Waals surface area contributed by atoms with Crippen LogP contribution in [0.3, 0.4) is 0 Å². The van der Waals surface area contributed by atoms with Crippen molar-refractivity contribution in [1.29, 1.82) is 0 Å². The SMILES string of the molecule is N[C@@H](c1ccc(Cc2ccccc2)cc1)C(F)(F)F. The van der Waals surface area contributed by atoms with Crippen LogP contribution in [0.2, 0.25) is 0 Å². The van der Waals surface area contributed by atoms with Crippen LogP contribution in [0.1, 0.15) is 22.7 Å². The molecule has 0 spiro atoms. The highest BCUT2D eigenvalue weighted by Gasteiger charge is 2.37. The van der Waals surface area contributed by atoms with Gasteiger partial charge in [-0.05, 0) is 23.1 Å². The summed E-state index contributed by atoms with van der Waals surface area (Å²) in [6.45, 7) is 0. The predicted molar refractivity (Wildman–Crippen MR) is 68.7 cm³/mol. The molecule has 0 bridgehead atoms. The van der Waals surface area contributed by atoms with Crippen LogP contribution in [0.5, 0.6) is 0 Å². The van der Waals surface area contributed by atoms with Gasteiger partial charge in [-0.1, -0.05) is 54.6 Å². The molecule has 19 heavy (non-hydrogen) atoms. The fraction of sp³-hybridized carbons (Fsp3) is 0.200. The van der Waals surface area contributed by atoms with E-state index in [2.05, 4.69) is 0 Å². The Morgan fingerprint density at radius 1 is 0.842 bits per heavy atom. The van der Waals surface area contributed by atoms with Gasteiger partial charge >= 0.3 is 6.18 Å². The van der Waals surface area contributed by atoms with E-state index in [-0.39, 0.29) is 5.56 Å². The molecule has 0 aromatic heterocycles. The lowest BCUT2D eigenvalue weighted by Gasteiger charge is -2.16. The minimum Gasteiger partial charge on any atom is -0.316 e. The molecule has 2 N–H and O–H groups in total. The lowest BCUT2D eigenvalue weighted by atomic mass is 10.0. The fourth-order valence-corrected chi connectivity index (χ4v) is 1.86. The molecule has 0 heterocycles. The van der Waals surface area contributed by atoms with E-state index in [9.17, 15) is 13.2 Å². The number of hydrogen-bond acceptors (Lipinski definition) is 1. The zero-order valence-corrected chi connectivity index (χ0v) is 10.2. The molecule has 0 amide bonds. The molecule has 0 aliphatic carbocycles. The van der Waals surface area contributed by atoms with Crippen LogP contribution in [0.15, 0.2) is 54.6 Å². The zero-order chi connectivity index (χ0) is 13.9. The second-order valence-electron chi connectivity index (χ2n) is 4.42. The van der Waals surface area contributed by atoms with E-state index in [1.807, 2.05) is 30.3 Å². The van der Waals surface area contributed by atoms with Gasteiger partial charge in [-0.3, -0.25) is 0 Å². The third-order valence-electron chi connectivity index (χ3n) is 2.94. The lowest BCUT2D eigenvalue weighted by Crippen LogP contribution is -2.28. The molecule has 0 saturated heterocycles. The number of nitrogens with two attached hydrogens (primary N) is 1. The van der Waals surface area contributed by atoms with Gasteiger partial charge in [-0.15, -0.1) is 0 Å². The van der Waals surface area contributed by atoms with E-state index in [0.29, 0.717) is 6.42 Å². The Balaban J connectivity index is 2.11. The fourth-order valence-electron chi connectivity index (χ4n) is 1.86. The molecule has 1 nitrogen and oxygen atoms in total. The highest BCUT2D eigenvalue weighted by Crippen LogP contribution is 2.30. The van der Waals surface area contributed by atoms with E-state index in [1.165, 1.54) is 12.1 Å². The normalized spacial score (nSPS) is 13.3. The van der Waals surface area contributed by atoms with Crippen molar-refractivity contribution in [3.63, 3.8) is 0 Å². The first-order valence-corrected chi connectivity index (χ1v) is 5.92. The van der Waals surface area contributed by atoms with Gasteiger partial charge in [0.1, 0.15) is 6.04 Å². The van der Waals surface area contributed by atoms with Gasteiger partial charge in [0, 0.05) is 0 Å². The minimum absolute atomic E-state index is 0.0873. The lowest BCUT2D eigenvalue weighted by molar-refractivity contribution is -0.149. The summed E-state index contributed by atoms with van der Waals surface area (Å²) in [4.78, 5) is 0. The first-order chi connectivity index (χ1) is 8.97. The number of benzene rings is 2. The van der Waals surface area contributed by atoms with Gasteiger partial charge in [0.05, 0.1) is 0 Å². The quantitative estimate of drug-likeness (QED) is 0.896. The average molecular weight is 265 g/mol. The van der Waals surface area contributed by atoms with Crippen LogP contribution in [0.4, 0.5) is 13.2 Å². The Kier molecular flexibility index (Phi) is 3.90. The van der Waals surface area contributed by atoms with E-state index in [4.69, 9.17) is 5.73 Å². The summed E-state index contributed by atoms with van der Waals surface area (Å²) in [6.07, 6.45) is -3.71. The third-order valence-corrected chi connectivity index (χ3v) is 2.94. The summed E-state index contributed by atoms with van der Waals surface area (Å²) < 4.78 is 37.4. The molecule has 0 aliphatic heterocycles. The van der Waals surface area contributed by atoms with Crippen molar-refractivity contribution >= 4 is 0 Å². The van der Waals surface area contributed by atoms with Crippen LogP contribution in [-0.2, 0) is 6.42 Å². The topological polar surface area (TPSA) is 26.0 Å². The molecule has 1 atom stereocenters. The van der Waals surface area contributed by atoms with Crippen LogP contribution in [-0.4, -0.2) is 6.18 Å². The van der Waals surface area contributed by atoms with Crippen molar-refractivity contribution in [3.05, 3.63) is 71.3 Å². The summed E-state index contributed by atoms with van der Waals surface area (Å²) in [7, 11) is 0. The molecule has 2 rings (SSSR count). The molecule has 4 heteroatoms. The Hall–Kier alpha value is -1.81. The molecule has 2 aromatic rings. The largest absolute Gasteiger partial charge is 0.407 e. The van der Waals surface area contributed by atoms with Gasteiger partial charge in [0.15, 0.2) is 0 Å². The second-order valence-corrected chi connectivity index (χ2v) is 4.42. The van der Waals surface area contributed by atoms with E-state index >= 15 is 0 Å². The van der Waals surface area contributed by atoms with Gasteiger partial charge in [0.2, 0.25) is 0 Å². The Labute approximate surface area is 109 Å². The van der Waals surface area contributed by atoms with E-state index in [0.717, 1.165) is 11.1 Å². The predicted octanol–water partition coefficient (Wildman–Crippen LogP) is 3.84. The highest BCUT2D eigenvalue weighted by atomic mass is 19.4. The van der Waals surface area contributed by atoms with Crippen molar-refractivity contribution in [2.45, 2.75) is 18.6 Å². The van der Waals surface area contributed by atoms with Crippen LogP contribution in [0, 0.1) is 0 Å². The summed E-state index contributed by atoms with van der Waals surface area (Å²) in [5, 5.41) is 0. The molecule has 0 saturated carbocycles. The average Bonchev–Trinajstić information content (AvgIpc) is 2.39. The summed E-state index contributed by atoms with van der Waals surface area (Å²) in [6, 6.07) is 14.1. The van der Waals surface area contributed by atoms with Crippen molar-refractivity contribution in [2.24, 2.45) is 5.73 Å². The Morgan fingerprint density at radius 3 is 1.89 bits per heavy atom. The number of halogens is 3. The molecule has 0 aliphatic rings. The summed E-state index contributed by atoms with van der Waals surface area (Å²) in [5.74, 6) is 0. The van der Waals surface area contributed by atoms with Crippen molar-refractivity contribution in [3.8, 4) is 0 Å². The molecular weight excluding hydrogens is 251 g/mol. The molecule has 0 fully saturated rings. The number of hydrogen-bond donors (Lipinski definition) is 1. The van der Waals surface area contributed by atoms with Gasteiger partial charge < -0.3 is 5.73 Å². The minimum atomic E-state index is -4.40. The monoisotopic (exact) mass is 265 g/mol. The van der Waals surface area contributed by atoms with Crippen LogP contribution < -0.4 is 5.73 Å². The van der Waals surface area contributed by atoms with Gasteiger partial charge in [-0.2, -0.15) is 13.2 Å². The maximum atomic E-state index is 12.5. The van der Waals surface area contributed by atoms with Crippen molar-refractivity contribution < 1.29 is 13.2 Å². The number of rotatable bonds is 3.